The van der Waals surface area contributed by atoms with Crippen molar-refractivity contribution in [1.82, 2.24) is 14.8 Å². The third kappa shape index (κ3) is 6.31. The second kappa shape index (κ2) is 12.0. The zero-order chi connectivity index (χ0) is 25.3. The SMILES string of the molecule is COc1cccc(CN(Cc2ccccc2)Cc2nc(C(=O)N(C)Cc3ccccc3)co2)c1OC. The number of aromatic nitrogens is 1. The molecule has 4 rings (SSSR count). The highest BCUT2D eigenvalue weighted by Crippen LogP contribution is 2.32. The number of hydrogen-bond acceptors (Lipinski definition) is 6. The molecule has 0 atom stereocenters. The van der Waals surface area contributed by atoms with Crippen molar-refractivity contribution in [3.05, 3.63) is 113 Å². The van der Waals surface area contributed by atoms with Crippen molar-refractivity contribution >= 4 is 5.91 Å². The number of hydrogen-bond donors (Lipinski definition) is 0. The first-order valence-corrected chi connectivity index (χ1v) is 11.8. The van der Waals surface area contributed by atoms with Gasteiger partial charge in [-0.2, -0.15) is 0 Å². The fourth-order valence-corrected chi connectivity index (χ4v) is 4.13. The lowest BCUT2D eigenvalue weighted by Gasteiger charge is -2.23. The quantitative estimate of drug-likeness (QED) is 0.292. The Morgan fingerprint density at radius 3 is 2.11 bits per heavy atom. The van der Waals surface area contributed by atoms with E-state index in [4.69, 9.17) is 13.9 Å². The molecule has 1 aromatic heterocycles. The van der Waals surface area contributed by atoms with Crippen LogP contribution in [0.25, 0.3) is 0 Å². The average Bonchev–Trinajstić information content (AvgIpc) is 3.37. The van der Waals surface area contributed by atoms with Crippen LogP contribution in [0.1, 0.15) is 33.1 Å². The lowest BCUT2D eigenvalue weighted by molar-refractivity contribution is 0.0779. The van der Waals surface area contributed by atoms with Crippen molar-refractivity contribution in [1.29, 1.82) is 0 Å². The maximum absolute atomic E-state index is 12.9. The van der Waals surface area contributed by atoms with Gasteiger partial charge in [-0.15, -0.1) is 0 Å². The molecule has 3 aromatic carbocycles. The molecule has 36 heavy (non-hydrogen) atoms. The highest BCUT2D eigenvalue weighted by Gasteiger charge is 2.20. The third-order valence-corrected chi connectivity index (χ3v) is 5.87. The summed E-state index contributed by atoms with van der Waals surface area (Å²) in [5.74, 6) is 1.67. The predicted octanol–water partition coefficient (Wildman–Crippen LogP) is 5.17. The molecule has 0 bridgehead atoms. The molecule has 186 valence electrons. The van der Waals surface area contributed by atoms with E-state index < -0.39 is 0 Å². The van der Waals surface area contributed by atoms with Gasteiger partial charge in [0.25, 0.3) is 5.91 Å². The van der Waals surface area contributed by atoms with Gasteiger partial charge in [-0.25, -0.2) is 4.98 Å². The maximum Gasteiger partial charge on any atom is 0.275 e. The Balaban J connectivity index is 1.51. The number of para-hydroxylation sites is 1. The summed E-state index contributed by atoms with van der Waals surface area (Å²) >= 11 is 0. The van der Waals surface area contributed by atoms with Crippen LogP contribution in [0.2, 0.25) is 0 Å². The molecule has 1 amide bonds. The second-order valence-corrected chi connectivity index (χ2v) is 8.56. The van der Waals surface area contributed by atoms with Crippen molar-refractivity contribution in [3.8, 4) is 11.5 Å². The Morgan fingerprint density at radius 2 is 1.47 bits per heavy atom. The van der Waals surface area contributed by atoms with E-state index in [9.17, 15) is 4.79 Å². The molecule has 0 spiro atoms. The Morgan fingerprint density at radius 1 is 0.806 bits per heavy atom. The van der Waals surface area contributed by atoms with Gasteiger partial charge in [-0.3, -0.25) is 9.69 Å². The van der Waals surface area contributed by atoms with Gasteiger partial charge in [0, 0.05) is 32.2 Å². The molecule has 0 aliphatic carbocycles. The van der Waals surface area contributed by atoms with Crippen molar-refractivity contribution in [2.24, 2.45) is 0 Å². The number of rotatable bonds is 11. The summed E-state index contributed by atoms with van der Waals surface area (Å²) in [4.78, 5) is 21.3. The molecule has 0 aliphatic heterocycles. The molecular formula is C29H31N3O4. The van der Waals surface area contributed by atoms with E-state index in [-0.39, 0.29) is 5.91 Å². The number of ether oxygens (including phenoxy) is 2. The number of amides is 1. The van der Waals surface area contributed by atoms with Crippen molar-refractivity contribution < 1.29 is 18.7 Å². The predicted molar refractivity (Wildman–Crippen MR) is 138 cm³/mol. The largest absolute Gasteiger partial charge is 0.493 e. The first kappa shape index (κ1) is 25.0. The minimum Gasteiger partial charge on any atom is -0.493 e. The first-order valence-electron chi connectivity index (χ1n) is 11.8. The topological polar surface area (TPSA) is 68.0 Å². The Hall–Kier alpha value is -4.10. The van der Waals surface area contributed by atoms with Gasteiger partial charge in [-0.05, 0) is 17.2 Å². The molecule has 0 aliphatic rings. The van der Waals surface area contributed by atoms with Crippen LogP contribution in [-0.4, -0.2) is 42.0 Å². The maximum atomic E-state index is 12.9. The van der Waals surface area contributed by atoms with Crippen LogP contribution in [0.5, 0.6) is 11.5 Å². The van der Waals surface area contributed by atoms with Crippen LogP contribution in [0.4, 0.5) is 0 Å². The molecule has 0 saturated carbocycles. The monoisotopic (exact) mass is 485 g/mol. The third-order valence-electron chi connectivity index (χ3n) is 5.87. The highest BCUT2D eigenvalue weighted by atomic mass is 16.5. The van der Waals surface area contributed by atoms with Crippen molar-refractivity contribution in [2.75, 3.05) is 21.3 Å². The average molecular weight is 486 g/mol. The van der Waals surface area contributed by atoms with Crippen LogP contribution >= 0.6 is 0 Å². The Kier molecular flexibility index (Phi) is 8.36. The summed E-state index contributed by atoms with van der Waals surface area (Å²) in [6.45, 7) is 2.16. The van der Waals surface area contributed by atoms with E-state index in [0.717, 1.165) is 16.7 Å². The van der Waals surface area contributed by atoms with Gasteiger partial charge in [0.05, 0.1) is 20.8 Å². The molecule has 0 unspecified atom stereocenters. The lowest BCUT2D eigenvalue weighted by atomic mass is 10.1. The van der Waals surface area contributed by atoms with Crippen LogP contribution in [0, 0.1) is 0 Å². The number of carbonyl (C=O) groups is 1. The summed E-state index contributed by atoms with van der Waals surface area (Å²) in [6.07, 6.45) is 1.44. The van der Waals surface area contributed by atoms with Crippen LogP contribution in [0.15, 0.2) is 89.5 Å². The van der Waals surface area contributed by atoms with Gasteiger partial charge in [0.1, 0.15) is 6.26 Å². The fourth-order valence-electron chi connectivity index (χ4n) is 4.13. The molecule has 7 nitrogen and oxygen atoms in total. The molecule has 7 heteroatoms. The number of oxazole rings is 1. The minimum absolute atomic E-state index is 0.182. The van der Waals surface area contributed by atoms with E-state index in [1.807, 2.05) is 66.7 Å². The zero-order valence-electron chi connectivity index (χ0n) is 20.9. The van der Waals surface area contributed by atoms with Gasteiger partial charge in [0.2, 0.25) is 5.89 Å². The van der Waals surface area contributed by atoms with Gasteiger partial charge in [0.15, 0.2) is 17.2 Å². The fraction of sp³-hybridized carbons (Fsp3) is 0.241. The molecule has 0 saturated heterocycles. The van der Waals surface area contributed by atoms with Gasteiger partial charge >= 0.3 is 0 Å². The van der Waals surface area contributed by atoms with Crippen LogP contribution in [-0.2, 0) is 26.2 Å². The summed E-state index contributed by atoms with van der Waals surface area (Å²) in [6, 6.07) is 25.9. The van der Waals surface area contributed by atoms with E-state index in [2.05, 4.69) is 22.0 Å². The second-order valence-electron chi connectivity index (χ2n) is 8.56. The Bertz CT molecular complexity index is 1260. The van der Waals surface area contributed by atoms with Crippen LogP contribution in [0.3, 0.4) is 0 Å². The molecule has 0 N–H and O–H groups in total. The van der Waals surface area contributed by atoms with Crippen molar-refractivity contribution in [2.45, 2.75) is 26.2 Å². The number of methoxy groups -OCH3 is 2. The van der Waals surface area contributed by atoms with E-state index in [1.165, 1.54) is 6.26 Å². The zero-order valence-corrected chi connectivity index (χ0v) is 20.9. The van der Waals surface area contributed by atoms with E-state index >= 15 is 0 Å². The summed E-state index contributed by atoms with van der Waals surface area (Å²) in [5, 5.41) is 0. The molecule has 4 aromatic rings. The van der Waals surface area contributed by atoms with E-state index in [0.29, 0.717) is 49.3 Å². The molecule has 0 radical (unpaired) electrons. The summed E-state index contributed by atoms with van der Waals surface area (Å²) < 4.78 is 16.8. The first-order chi connectivity index (χ1) is 17.6. The normalized spacial score (nSPS) is 10.9. The van der Waals surface area contributed by atoms with Gasteiger partial charge in [-0.1, -0.05) is 72.8 Å². The summed E-state index contributed by atoms with van der Waals surface area (Å²) in [5.41, 5.74) is 3.49. The molecule has 1 heterocycles. The van der Waals surface area contributed by atoms with Crippen LogP contribution < -0.4 is 9.47 Å². The number of nitrogens with zero attached hydrogens (tertiary/aromatic N) is 3. The van der Waals surface area contributed by atoms with Crippen molar-refractivity contribution in [3.63, 3.8) is 0 Å². The highest BCUT2D eigenvalue weighted by molar-refractivity contribution is 5.91. The molecule has 0 fully saturated rings. The van der Waals surface area contributed by atoms with E-state index in [1.54, 1.807) is 26.2 Å². The number of benzene rings is 3. The standard InChI is InChI=1S/C29H31N3O4/c1-31(17-22-11-6-4-7-12-22)29(33)25-21-36-27(30-25)20-32(18-23-13-8-5-9-14-23)19-24-15-10-16-26(34-2)28(24)35-3/h4-16,21H,17-20H2,1-3H3. The lowest BCUT2D eigenvalue weighted by Crippen LogP contribution is -2.26. The minimum atomic E-state index is -0.182. The Labute approximate surface area is 211 Å². The van der Waals surface area contributed by atoms with Gasteiger partial charge < -0.3 is 18.8 Å². The smallest absolute Gasteiger partial charge is 0.275 e. The summed E-state index contributed by atoms with van der Waals surface area (Å²) in [7, 11) is 5.03. The number of carbonyl (C=O) groups excluding carboxylic acids is 1. The molecular weight excluding hydrogens is 454 g/mol.